The summed E-state index contributed by atoms with van der Waals surface area (Å²) in [4.78, 5) is 10.2. The lowest BCUT2D eigenvalue weighted by Gasteiger charge is -2.07. The van der Waals surface area contributed by atoms with Crippen LogP contribution < -0.4 is 0 Å². The van der Waals surface area contributed by atoms with E-state index in [2.05, 4.69) is 0 Å². The number of carbonyl (C=O) groups is 1. The predicted octanol–water partition coefficient (Wildman–Crippen LogP) is 1.95. The first-order chi connectivity index (χ1) is 3.68. The molecular weight excluding hydrogens is 146 g/mol. The normalized spacial score (nSPS) is 8.88. The molecule has 0 aromatic heterocycles. The highest BCUT2D eigenvalue weighted by Gasteiger charge is 2.00. The molecule has 8 heavy (non-hydrogen) atoms. The first-order valence-corrected chi connectivity index (χ1v) is 3.56. The highest BCUT2D eigenvalue weighted by atomic mass is 35.5. The molecule has 2 nitrogen and oxygen atoms in total. The summed E-state index contributed by atoms with van der Waals surface area (Å²) in [6.45, 7) is 1.96. The second kappa shape index (κ2) is 4.04. The molecule has 0 aromatic rings. The lowest BCUT2D eigenvalue weighted by atomic mass is 11.0. The highest BCUT2D eigenvalue weighted by Crippen LogP contribution is 2.07. The van der Waals surface area contributed by atoms with Crippen molar-refractivity contribution in [3.8, 4) is 0 Å². The van der Waals surface area contributed by atoms with Gasteiger partial charge in [-0.2, -0.15) is 0 Å². The quantitative estimate of drug-likeness (QED) is 0.343. The molecule has 0 spiro atoms. The molecule has 0 N–H and O–H groups in total. The van der Waals surface area contributed by atoms with Crippen molar-refractivity contribution < 1.29 is 4.79 Å². The lowest BCUT2D eigenvalue weighted by Crippen LogP contribution is -2.11. The van der Waals surface area contributed by atoms with Gasteiger partial charge in [-0.15, -0.1) is 0 Å². The minimum absolute atomic E-state index is 0.420. The number of amides is 1. The van der Waals surface area contributed by atoms with Gasteiger partial charge in [0.15, 0.2) is 0 Å². The van der Waals surface area contributed by atoms with Gasteiger partial charge in [-0.25, -0.2) is 0 Å². The molecule has 0 rings (SSSR count). The number of nitrogens with zero attached hydrogens (tertiary/aromatic N) is 1. The number of hydrogen-bond acceptors (Lipinski definition) is 2. The summed E-state index contributed by atoms with van der Waals surface area (Å²) in [6.07, 6.45) is 0. The van der Waals surface area contributed by atoms with Crippen LogP contribution >= 0.6 is 23.5 Å². The summed E-state index contributed by atoms with van der Waals surface area (Å²) in [6, 6.07) is 0. The van der Waals surface area contributed by atoms with Crippen molar-refractivity contribution in [1.82, 2.24) is 4.31 Å². The SMILES string of the molecule is CCSN(C)C(=O)Cl. The zero-order valence-electron chi connectivity index (χ0n) is 4.85. The Balaban J connectivity index is 3.32. The third kappa shape index (κ3) is 3.16. The number of carbonyl (C=O) groups excluding carboxylic acids is 1. The lowest BCUT2D eigenvalue weighted by molar-refractivity contribution is 0.251. The molecule has 0 saturated heterocycles. The van der Waals surface area contributed by atoms with Crippen LogP contribution in [0.15, 0.2) is 0 Å². The van der Waals surface area contributed by atoms with Gasteiger partial charge < -0.3 is 0 Å². The highest BCUT2D eigenvalue weighted by molar-refractivity contribution is 7.97. The summed E-state index contributed by atoms with van der Waals surface area (Å²) < 4.78 is 1.39. The van der Waals surface area contributed by atoms with E-state index in [1.54, 1.807) is 7.05 Å². The third-order valence-electron chi connectivity index (χ3n) is 0.570. The second-order valence-electron chi connectivity index (χ2n) is 1.17. The molecule has 0 bridgehead atoms. The van der Waals surface area contributed by atoms with Gasteiger partial charge in [0.25, 0.3) is 0 Å². The third-order valence-corrected chi connectivity index (χ3v) is 1.74. The fraction of sp³-hybridized carbons (Fsp3) is 0.750. The van der Waals surface area contributed by atoms with E-state index in [1.807, 2.05) is 6.92 Å². The standard InChI is InChI=1S/C4H8ClNOS/c1-3-8-6(2)4(5)7/h3H2,1-2H3. The summed E-state index contributed by atoms with van der Waals surface area (Å²) in [7, 11) is 1.64. The van der Waals surface area contributed by atoms with Gasteiger partial charge in [-0.05, 0) is 23.5 Å². The van der Waals surface area contributed by atoms with Gasteiger partial charge in [-0.1, -0.05) is 6.92 Å². The van der Waals surface area contributed by atoms with Crippen molar-refractivity contribution in [1.29, 1.82) is 0 Å². The van der Waals surface area contributed by atoms with E-state index in [-0.39, 0.29) is 0 Å². The van der Waals surface area contributed by atoms with Crippen molar-refractivity contribution in [3.05, 3.63) is 0 Å². The Bertz CT molecular complexity index is 88.1. The fourth-order valence-electron chi connectivity index (χ4n) is 0.244. The fourth-order valence-corrected chi connectivity index (χ4v) is 0.880. The minimum atomic E-state index is -0.420. The zero-order chi connectivity index (χ0) is 6.57. The summed E-state index contributed by atoms with van der Waals surface area (Å²) >= 11 is 6.46. The number of rotatable bonds is 2. The van der Waals surface area contributed by atoms with Crippen molar-refractivity contribution in [2.75, 3.05) is 12.8 Å². The van der Waals surface area contributed by atoms with Crippen LogP contribution in [-0.2, 0) is 0 Å². The van der Waals surface area contributed by atoms with Crippen LogP contribution in [0, 0.1) is 0 Å². The maximum atomic E-state index is 10.2. The molecule has 0 aliphatic carbocycles. The Morgan fingerprint density at radius 1 is 1.88 bits per heavy atom. The molecule has 0 aliphatic heterocycles. The van der Waals surface area contributed by atoms with E-state index in [4.69, 9.17) is 11.6 Å². The molecule has 0 fully saturated rings. The predicted molar refractivity (Wildman–Crippen MR) is 37.1 cm³/mol. The number of hydrogen-bond donors (Lipinski definition) is 0. The van der Waals surface area contributed by atoms with E-state index in [1.165, 1.54) is 16.3 Å². The molecule has 48 valence electrons. The van der Waals surface area contributed by atoms with Crippen molar-refractivity contribution in [2.45, 2.75) is 6.92 Å². The first kappa shape index (κ1) is 8.11. The molecular formula is C4H8ClNOS. The van der Waals surface area contributed by atoms with Gasteiger partial charge in [0, 0.05) is 12.8 Å². The topological polar surface area (TPSA) is 20.3 Å². The maximum Gasteiger partial charge on any atom is 0.326 e. The first-order valence-electron chi connectivity index (χ1n) is 2.24. The van der Waals surface area contributed by atoms with Crippen LogP contribution in [0.4, 0.5) is 4.79 Å². The molecule has 4 heteroatoms. The van der Waals surface area contributed by atoms with Crippen molar-refractivity contribution in [2.24, 2.45) is 0 Å². The van der Waals surface area contributed by atoms with Crippen molar-refractivity contribution in [3.63, 3.8) is 0 Å². The summed E-state index contributed by atoms with van der Waals surface area (Å²) in [5.74, 6) is 0.870. The Morgan fingerprint density at radius 3 is 2.50 bits per heavy atom. The van der Waals surface area contributed by atoms with E-state index in [9.17, 15) is 4.79 Å². The maximum absolute atomic E-state index is 10.2. The molecule has 0 radical (unpaired) electrons. The second-order valence-corrected chi connectivity index (χ2v) is 2.87. The van der Waals surface area contributed by atoms with Crippen molar-refractivity contribution >= 4 is 28.9 Å². The summed E-state index contributed by atoms with van der Waals surface area (Å²) in [5.41, 5.74) is 0. The molecule has 0 saturated carbocycles. The minimum Gasteiger partial charge on any atom is -0.276 e. The van der Waals surface area contributed by atoms with Crippen LogP contribution in [-0.4, -0.2) is 22.5 Å². The van der Waals surface area contributed by atoms with Gasteiger partial charge in [-0.3, -0.25) is 9.10 Å². The van der Waals surface area contributed by atoms with E-state index in [0.29, 0.717) is 0 Å². The van der Waals surface area contributed by atoms with Crippen LogP contribution in [0.2, 0.25) is 0 Å². The van der Waals surface area contributed by atoms with Crippen LogP contribution in [0.1, 0.15) is 6.92 Å². The average molecular weight is 154 g/mol. The smallest absolute Gasteiger partial charge is 0.276 e. The van der Waals surface area contributed by atoms with E-state index >= 15 is 0 Å². The Morgan fingerprint density at radius 2 is 2.38 bits per heavy atom. The largest absolute Gasteiger partial charge is 0.326 e. The molecule has 0 heterocycles. The molecule has 1 amide bonds. The Kier molecular flexibility index (Phi) is 4.09. The average Bonchev–Trinajstić information content (AvgIpc) is 1.67. The van der Waals surface area contributed by atoms with Gasteiger partial charge in [0.05, 0.1) is 0 Å². The number of halogens is 1. The van der Waals surface area contributed by atoms with Crippen LogP contribution in [0.5, 0.6) is 0 Å². The zero-order valence-corrected chi connectivity index (χ0v) is 6.42. The van der Waals surface area contributed by atoms with E-state index in [0.717, 1.165) is 5.75 Å². The Labute approximate surface area is 58.3 Å². The van der Waals surface area contributed by atoms with Gasteiger partial charge in [0.2, 0.25) is 0 Å². The van der Waals surface area contributed by atoms with Gasteiger partial charge >= 0.3 is 5.37 Å². The molecule has 0 unspecified atom stereocenters. The monoisotopic (exact) mass is 153 g/mol. The van der Waals surface area contributed by atoms with Crippen LogP contribution in [0.3, 0.4) is 0 Å². The summed E-state index contributed by atoms with van der Waals surface area (Å²) in [5, 5.41) is -0.420. The van der Waals surface area contributed by atoms with Gasteiger partial charge in [0.1, 0.15) is 0 Å². The molecule has 0 atom stereocenters. The van der Waals surface area contributed by atoms with Crippen LogP contribution in [0.25, 0.3) is 0 Å². The van der Waals surface area contributed by atoms with E-state index < -0.39 is 5.37 Å². The Hall–Kier alpha value is 0.110. The molecule has 0 aliphatic rings. The molecule has 0 aromatic carbocycles.